The SMILES string of the molecule is COc1cc(C)ccc1OCC(=O)NNC(=O)c1sc2ccccc2c1Cl. The molecule has 2 amide bonds. The van der Waals surface area contributed by atoms with Crippen molar-refractivity contribution >= 4 is 44.8 Å². The average Bonchev–Trinajstić information content (AvgIpc) is 3.02. The first-order chi connectivity index (χ1) is 13.0. The zero-order valence-electron chi connectivity index (χ0n) is 14.7. The fourth-order valence-corrected chi connectivity index (χ4v) is 3.83. The van der Waals surface area contributed by atoms with Crippen LogP contribution in [0.2, 0.25) is 5.02 Å². The summed E-state index contributed by atoms with van der Waals surface area (Å²) >= 11 is 7.51. The highest BCUT2D eigenvalue weighted by molar-refractivity contribution is 7.21. The van der Waals surface area contributed by atoms with Crippen molar-refractivity contribution in [1.29, 1.82) is 0 Å². The summed E-state index contributed by atoms with van der Waals surface area (Å²) < 4.78 is 11.6. The van der Waals surface area contributed by atoms with Crippen molar-refractivity contribution in [2.24, 2.45) is 0 Å². The fraction of sp³-hybridized carbons (Fsp3) is 0.158. The molecule has 27 heavy (non-hydrogen) atoms. The molecule has 0 saturated heterocycles. The number of nitrogens with one attached hydrogen (secondary N) is 2. The van der Waals surface area contributed by atoms with E-state index in [9.17, 15) is 9.59 Å². The first-order valence-corrected chi connectivity index (χ1v) is 9.22. The standard InChI is InChI=1S/C19H17ClN2O4S/c1-11-7-8-13(14(9-11)25-2)26-10-16(23)21-22-19(24)18-17(20)12-5-3-4-6-15(12)27-18/h3-9H,10H2,1-2H3,(H,21,23)(H,22,24). The van der Waals surface area contributed by atoms with Crippen LogP contribution in [-0.2, 0) is 4.79 Å². The second-order valence-corrected chi connectivity index (χ2v) is 7.12. The first kappa shape index (κ1) is 19.0. The highest BCUT2D eigenvalue weighted by atomic mass is 35.5. The number of carbonyl (C=O) groups excluding carboxylic acids is 2. The van der Waals surface area contributed by atoms with Crippen LogP contribution in [0.4, 0.5) is 0 Å². The predicted molar refractivity (Wildman–Crippen MR) is 106 cm³/mol. The summed E-state index contributed by atoms with van der Waals surface area (Å²) in [6.45, 7) is 1.65. The van der Waals surface area contributed by atoms with Gasteiger partial charge in [0, 0.05) is 10.1 Å². The minimum absolute atomic E-state index is 0.278. The molecule has 0 unspecified atom stereocenters. The van der Waals surface area contributed by atoms with Crippen LogP contribution in [0.15, 0.2) is 42.5 Å². The number of benzene rings is 2. The summed E-state index contributed by atoms with van der Waals surface area (Å²) in [7, 11) is 1.52. The Morgan fingerprint density at radius 3 is 2.63 bits per heavy atom. The molecule has 140 valence electrons. The molecule has 6 nitrogen and oxygen atoms in total. The van der Waals surface area contributed by atoms with Gasteiger partial charge in [0.15, 0.2) is 18.1 Å². The van der Waals surface area contributed by atoms with Crippen LogP contribution in [0.25, 0.3) is 10.1 Å². The van der Waals surface area contributed by atoms with Crippen molar-refractivity contribution in [2.45, 2.75) is 6.92 Å². The Bertz CT molecular complexity index is 1000. The van der Waals surface area contributed by atoms with E-state index >= 15 is 0 Å². The van der Waals surface area contributed by atoms with E-state index in [4.69, 9.17) is 21.1 Å². The Kier molecular flexibility index (Phi) is 5.83. The van der Waals surface area contributed by atoms with Crippen LogP contribution in [0.3, 0.4) is 0 Å². The third kappa shape index (κ3) is 4.32. The van der Waals surface area contributed by atoms with Gasteiger partial charge in [0.25, 0.3) is 11.8 Å². The van der Waals surface area contributed by atoms with Gasteiger partial charge in [-0.05, 0) is 30.7 Å². The van der Waals surface area contributed by atoms with Crippen molar-refractivity contribution in [3.63, 3.8) is 0 Å². The van der Waals surface area contributed by atoms with E-state index in [1.807, 2.05) is 37.3 Å². The van der Waals surface area contributed by atoms with E-state index in [1.54, 1.807) is 12.1 Å². The zero-order chi connectivity index (χ0) is 19.4. The topological polar surface area (TPSA) is 76.7 Å². The summed E-state index contributed by atoms with van der Waals surface area (Å²) in [5, 5.41) is 1.17. The van der Waals surface area contributed by atoms with Gasteiger partial charge in [-0.1, -0.05) is 35.9 Å². The van der Waals surface area contributed by atoms with Crippen LogP contribution >= 0.6 is 22.9 Å². The third-order valence-electron chi connectivity index (χ3n) is 3.73. The maximum absolute atomic E-state index is 12.3. The third-order valence-corrected chi connectivity index (χ3v) is 5.41. The molecule has 1 heterocycles. The van der Waals surface area contributed by atoms with Gasteiger partial charge in [0.2, 0.25) is 0 Å². The first-order valence-electron chi connectivity index (χ1n) is 8.03. The number of ether oxygens (including phenoxy) is 2. The molecular weight excluding hydrogens is 388 g/mol. The number of thiophene rings is 1. The number of hydrogen-bond acceptors (Lipinski definition) is 5. The number of rotatable bonds is 5. The summed E-state index contributed by atoms with van der Waals surface area (Å²) in [6, 6.07) is 12.8. The van der Waals surface area contributed by atoms with Gasteiger partial charge in [-0.25, -0.2) is 0 Å². The molecule has 0 fully saturated rings. The van der Waals surface area contributed by atoms with Crippen molar-refractivity contribution < 1.29 is 19.1 Å². The maximum atomic E-state index is 12.3. The molecule has 0 bridgehead atoms. The lowest BCUT2D eigenvalue weighted by molar-refractivity contribution is -0.123. The Labute approximate surface area is 165 Å². The van der Waals surface area contributed by atoms with Gasteiger partial charge in [-0.15, -0.1) is 11.3 Å². The van der Waals surface area contributed by atoms with Gasteiger partial charge in [-0.3, -0.25) is 20.4 Å². The second kappa shape index (κ2) is 8.28. The summed E-state index contributed by atoms with van der Waals surface area (Å²) in [6.07, 6.45) is 0. The molecule has 2 N–H and O–H groups in total. The zero-order valence-corrected chi connectivity index (χ0v) is 16.2. The molecule has 1 aromatic heterocycles. The maximum Gasteiger partial charge on any atom is 0.281 e. The van der Waals surface area contributed by atoms with Crippen LogP contribution in [-0.4, -0.2) is 25.5 Å². The number of carbonyl (C=O) groups is 2. The summed E-state index contributed by atoms with van der Waals surface area (Å²) in [5.41, 5.74) is 5.68. The monoisotopic (exact) mass is 404 g/mol. The van der Waals surface area contributed by atoms with Crippen LogP contribution in [0.5, 0.6) is 11.5 Å². The van der Waals surface area contributed by atoms with E-state index in [0.29, 0.717) is 21.4 Å². The van der Waals surface area contributed by atoms with E-state index in [0.717, 1.165) is 15.6 Å². The lowest BCUT2D eigenvalue weighted by Gasteiger charge is -2.11. The van der Waals surface area contributed by atoms with Gasteiger partial charge in [0.05, 0.1) is 12.1 Å². The molecule has 0 atom stereocenters. The number of methoxy groups -OCH3 is 1. The van der Waals surface area contributed by atoms with Gasteiger partial charge in [0.1, 0.15) is 4.88 Å². The van der Waals surface area contributed by atoms with Crippen LogP contribution in [0, 0.1) is 6.92 Å². The Morgan fingerprint density at radius 1 is 1.11 bits per heavy atom. The van der Waals surface area contributed by atoms with Gasteiger partial charge < -0.3 is 9.47 Å². The smallest absolute Gasteiger partial charge is 0.281 e. The Balaban J connectivity index is 1.57. The van der Waals surface area contributed by atoms with Crippen molar-refractivity contribution in [2.75, 3.05) is 13.7 Å². The van der Waals surface area contributed by atoms with E-state index in [1.165, 1.54) is 18.4 Å². The minimum Gasteiger partial charge on any atom is -0.493 e. The largest absolute Gasteiger partial charge is 0.493 e. The molecule has 0 aliphatic carbocycles. The van der Waals surface area contributed by atoms with Crippen molar-refractivity contribution in [1.82, 2.24) is 10.9 Å². The molecule has 0 aliphatic rings. The molecular formula is C19H17ClN2O4S. The van der Waals surface area contributed by atoms with Crippen molar-refractivity contribution in [3.05, 3.63) is 57.9 Å². The highest BCUT2D eigenvalue weighted by Gasteiger charge is 2.17. The molecule has 0 aliphatic heterocycles. The van der Waals surface area contributed by atoms with E-state index in [2.05, 4.69) is 10.9 Å². The molecule has 8 heteroatoms. The number of hydrogen-bond donors (Lipinski definition) is 2. The number of amides is 2. The average molecular weight is 405 g/mol. The predicted octanol–water partition coefficient (Wildman–Crippen LogP) is 3.71. The quantitative estimate of drug-likeness (QED) is 0.635. The highest BCUT2D eigenvalue weighted by Crippen LogP contribution is 2.34. The van der Waals surface area contributed by atoms with Gasteiger partial charge in [-0.2, -0.15) is 0 Å². The van der Waals surface area contributed by atoms with Gasteiger partial charge >= 0.3 is 0 Å². The molecule has 3 rings (SSSR count). The molecule has 0 spiro atoms. The molecule has 0 radical (unpaired) electrons. The number of halogens is 1. The normalized spacial score (nSPS) is 10.5. The Morgan fingerprint density at radius 2 is 1.89 bits per heavy atom. The second-order valence-electron chi connectivity index (χ2n) is 5.69. The number of hydrazine groups is 1. The lowest BCUT2D eigenvalue weighted by atomic mass is 10.2. The fourth-order valence-electron chi connectivity index (χ4n) is 2.42. The number of aryl methyl sites for hydroxylation is 1. The lowest BCUT2D eigenvalue weighted by Crippen LogP contribution is -2.43. The van der Waals surface area contributed by atoms with Crippen LogP contribution < -0.4 is 20.3 Å². The molecule has 2 aromatic carbocycles. The van der Waals surface area contributed by atoms with E-state index in [-0.39, 0.29) is 6.61 Å². The molecule has 0 saturated carbocycles. The number of fused-ring (bicyclic) bond motifs is 1. The van der Waals surface area contributed by atoms with Crippen molar-refractivity contribution in [3.8, 4) is 11.5 Å². The minimum atomic E-state index is -0.511. The summed E-state index contributed by atoms with van der Waals surface area (Å²) in [4.78, 5) is 24.6. The van der Waals surface area contributed by atoms with Crippen LogP contribution in [0.1, 0.15) is 15.2 Å². The summed E-state index contributed by atoms with van der Waals surface area (Å²) in [5.74, 6) is -0.0216. The molecule has 3 aromatic rings. The Hall–Kier alpha value is -2.77. The van der Waals surface area contributed by atoms with E-state index < -0.39 is 11.8 Å².